The van der Waals surface area contributed by atoms with Crippen molar-refractivity contribution in [1.82, 2.24) is 9.78 Å². The van der Waals surface area contributed by atoms with Crippen molar-refractivity contribution in [2.45, 2.75) is 13.8 Å². The maximum Gasteiger partial charge on any atom is 0.337 e. The summed E-state index contributed by atoms with van der Waals surface area (Å²) in [5.41, 5.74) is 4.17. The molecule has 132 valence electrons. The minimum Gasteiger partial charge on any atom is -0.465 e. The van der Waals surface area contributed by atoms with Crippen LogP contribution < -0.4 is 5.32 Å². The minimum absolute atomic E-state index is 0.268. The summed E-state index contributed by atoms with van der Waals surface area (Å²) in [7, 11) is 1.32. The molecule has 0 fully saturated rings. The number of ether oxygens (including phenoxy) is 1. The van der Waals surface area contributed by atoms with E-state index in [1.807, 2.05) is 44.2 Å². The monoisotopic (exact) mass is 349 g/mol. The number of nitrogens with zero attached hydrogens (tertiary/aromatic N) is 2. The molecule has 1 amide bonds. The molecule has 6 heteroatoms. The van der Waals surface area contributed by atoms with Crippen LogP contribution in [0.15, 0.2) is 54.6 Å². The van der Waals surface area contributed by atoms with Crippen LogP contribution in [-0.2, 0) is 4.74 Å². The number of carbonyl (C=O) groups is 2. The van der Waals surface area contributed by atoms with Gasteiger partial charge in [-0.15, -0.1) is 0 Å². The van der Waals surface area contributed by atoms with Crippen molar-refractivity contribution in [3.8, 4) is 5.69 Å². The van der Waals surface area contributed by atoms with Crippen molar-refractivity contribution < 1.29 is 14.3 Å². The average Bonchev–Trinajstić information content (AvgIpc) is 2.99. The summed E-state index contributed by atoms with van der Waals surface area (Å²) in [4.78, 5) is 24.1. The first-order chi connectivity index (χ1) is 12.5. The summed E-state index contributed by atoms with van der Waals surface area (Å²) in [6, 6.07) is 15.8. The lowest BCUT2D eigenvalue weighted by Gasteiger charge is -2.12. The van der Waals surface area contributed by atoms with Gasteiger partial charge in [-0.3, -0.25) is 4.79 Å². The first-order valence-corrected chi connectivity index (χ1v) is 8.12. The molecule has 0 aliphatic rings. The molecule has 0 radical (unpaired) electrons. The maximum atomic E-state index is 12.6. The van der Waals surface area contributed by atoms with Crippen LogP contribution in [0.4, 0.5) is 5.69 Å². The normalized spacial score (nSPS) is 10.4. The van der Waals surface area contributed by atoms with E-state index in [2.05, 4.69) is 15.2 Å². The molecule has 0 saturated heterocycles. The highest BCUT2D eigenvalue weighted by Crippen LogP contribution is 2.22. The number of carbonyl (C=O) groups excluding carboxylic acids is 2. The van der Waals surface area contributed by atoms with Crippen molar-refractivity contribution in [3.05, 3.63) is 77.1 Å². The van der Waals surface area contributed by atoms with Crippen LogP contribution in [0.3, 0.4) is 0 Å². The van der Waals surface area contributed by atoms with Crippen LogP contribution in [-0.4, -0.2) is 28.8 Å². The number of rotatable bonds is 4. The Labute approximate surface area is 151 Å². The van der Waals surface area contributed by atoms with Gasteiger partial charge in [0, 0.05) is 11.3 Å². The van der Waals surface area contributed by atoms with E-state index in [4.69, 9.17) is 0 Å². The second-order valence-electron chi connectivity index (χ2n) is 5.88. The van der Waals surface area contributed by atoms with Crippen LogP contribution in [0.5, 0.6) is 0 Å². The molecule has 2 aromatic carbocycles. The zero-order valence-electron chi connectivity index (χ0n) is 14.8. The summed E-state index contributed by atoms with van der Waals surface area (Å²) >= 11 is 0. The van der Waals surface area contributed by atoms with E-state index in [-0.39, 0.29) is 5.91 Å². The Kier molecular flexibility index (Phi) is 4.84. The fraction of sp³-hybridized carbons (Fsp3) is 0.150. The second kappa shape index (κ2) is 7.23. The molecule has 1 N–H and O–H groups in total. The summed E-state index contributed by atoms with van der Waals surface area (Å²) in [5.74, 6) is -0.706. The fourth-order valence-corrected chi connectivity index (χ4v) is 2.71. The Morgan fingerprint density at radius 2 is 1.65 bits per heavy atom. The van der Waals surface area contributed by atoms with Gasteiger partial charge in [0.15, 0.2) is 0 Å². The smallest absolute Gasteiger partial charge is 0.337 e. The molecule has 0 unspecified atom stereocenters. The van der Waals surface area contributed by atoms with E-state index in [0.29, 0.717) is 16.8 Å². The Bertz CT molecular complexity index is 959. The zero-order chi connectivity index (χ0) is 18.7. The lowest BCUT2D eigenvalue weighted by molar-refractivity contribution is 0.0600. The summed E-state index contributed by atoms with van der Waals surface area (Å²) in [5, 5.41) is 7.38. The Hall–Kier alpha value is -3.41. The van der Waals surface area contributed by atoms with E-state index in [0.717, 1.165) is 17.1 Å². The van der Waals surface area contributed by atoms with Crippen molar-refractivity contribution in [2.24, 2.45) is 0 Å². The van der Waals surface area contributed by atoms with Crippen LogP contribution in [0, 0.1) is 13.8 Å². The van der Waals surface area contributed by atoms with E-state index in [1.165, 1.54) is 7.11 Å². The van der Waals surface area contributed by atoms with E-state index in [9.17, 15) is 9.59 Å². The molecule has 3 aromatic rings. The number of benzene rings is 2. The molecule has 0 aliphatic carbocycles. The molecule has 3 rings (SSSR count). The number of aromatic nitrogens is 2. The Morgan fingerprint density at radius 1 is 1.00 bits per heavy atom. The van der Waals surface area contributed by atoms with Crippen molar-refractivity contribution >= 4 is 17.6 Å². The first kappa shape index (κ1) is 17.4. The van der Waals surface area contributed by atoms with Gasteiger partial charge in [-0.05, 0) is 56.3 Å². The molecule has 26 heavy (non-hydrogen) atoms. The lowest BCUT2D eigenvalue weighted by atomic mass is 10.1. The number of para-hydroxylation sites is 2. The number of anilines is 1. The van der Waals surface area contributed by atoms with Gasteiger partial charge in [0.05, 0.1) is 29.7 Å². The van der Waals surface area contributed by atoms with Crippen LogP contribution in [0.1, 0.15) is 32.1 Å². The maximum absolute atomic E-state index is 12.6. The molecule has 0 bridgehead atoms. The third kappa shape index (κ3) is 3.49. The minimum atomic E-state index is -0.438. The fourth-order valence-electron chi connectivity index (χ4n) is 2.71. The summed E-state index contributed by atoms with van der Waals surface area (Å²) < 4.78 is 6.46. The third-order valence-corrected chi connectivity index (χ3v) is 3.96. The number of nitrogens with one attached hydrogen (secondary N) is 1. The van der Waals surface area contributed by atoms with Crippen molar-refractivity contribution in [3.63, 3.8) is 0 Å². The Morgan fingerprint density at radius 3 is 2.27 bits per heavy atom. The summed E-state index contributed by atoms with van der Waals surface area (Å²) in [6.07, 6.45) is 0. The largest absolute Gasteiger partial charge is 0.465 e. The predicted molar refractivity (Wildman–Crippen MR) is 98.8 cm³/mol. The molecule has 0 spiro atoms. The van der Waals surface area contributed by atoms with Crippen LogP contribution >= 0.6 is 0 Å². The van der Waals surface area contributed by atoms with E-state index in [1.54, 1.807) is 28.9 Å². The zero-order valence-corrected chi connectivity index (χ0v) is 14.8. The lowest BCUT2D eigenvalue weighted by Crippen LogP contribution is -2.14. The van der Waals surface area contributed by atoms with E-state index < -0.39 is 5.97 Å². The van der Waals surface area contributed by atoms with Crippen LogP contribution in [0.2, 0.25) is 0 Å². The third-order valence-electron chi connectivity index (χ3n) is 3.96. The molecule has 0 saturated carbocycles. The molecule has 6 nitrogen and oxygen atoms in total. The number of amides is 1. The van der Waals surface area contributed by atoms with E-state index >= 15 is 0 Å². The quantitative estimate of drug-likeness (QED) is 0.731. The SMILES string of the molecule is COC(=O)c1ccc(C(=O)Nc2ccccc2-n2nc(C)cc2C)cc1. The van der Waals surface area contributed by atoms with Gasteiger partial charge in [0.2, 0.25) is 0 Å². The highest BCUT2D eigenvalue weighted by Gasteiger charge is 2.13. The number of hydrogen-bond acceptors (Lipinski definition) is 4. The highest BCUT2D eigenvalue weighted by atomic mass is 16.5. The molecular weight excluding hydrogens is 330 g/mol. The Balaban J connectivity index is 1.86. The average molecular weight is 349 g/mol. The standard InChI is InChI=1S/C20H19N3O3/c1-13-12-14(2)23(22-13)18-7-5-4-6-17(18)21-19(24)15-8-10-16(11-9-15)20(25)26-3/h4-12H,1-3H3,(H,21,24). The molecule has 0 atom stereocenters. The van der Waals surface area contributed by atoms with Gasteiger partial charge in [-0.25, -0.2) is 9.48 Å². The first-order valence-electron chi connectivity index (χ1n) is 8.12. The van der Waals surface area contributed by atoms with Gasteiger partial charge < -0.3 is 10.1 Å². The topological polar surface area (TPSA) is 73.2 Å². The summed E-state index contributed by atoms with van der Waals surface area (Å²) in [6.45, 7) is 3.89. The van der Waals surface area contributed by atoms with Crippen LogP contribution in [0.25, 0.3) is 5.69 Å². The van der Waals surface area contributed by atoms with Gasteiger partial charge in [-0.2, -0.15) is 5.10 Å². The molecule has 1 heterocycles. The highest BCUT2D eigenvalue weighted by molar-refractivity contribution is 6.05. The van der Waals surface area contributed by atoms with Gasteiger partial charge in [-0.1, -0.05) is 12.1 Å². The molecule has 1 aromatic heterocycles. The number of methoxy groups -OCH3 is 1. The number of aryl methyl sites for hydroxylation is 2. The molecular formula is C20H19N3O3. The number of hydrogen-bond donors (Lipinski definition) is 1. The van der Waals surface area contributed by atoms with Gasteiger partial charge in [0.1, 0.15) is 0 Å². The predicted octanol–water partition coefficient (Wildman–Crippen LogP) is 3.53. The van der Waals surface area contributed by atoms with Crippen molar-refractivity contribution in [2.75, 3.05) is 12.4 Å². The second-order valence-corrected chi connectivity index (χ2v) is 5.88. The van der Waals surface area contributed by atoms with Gasteiger partial charge >= 0.3 is 5.97 Å². The van der Waals surface area contributed by atoms with Gasteiger partial charge in [0.25, 0.3) is 5.91 Å². The van der Waals surface area contributed by atoms with Crippen molar-refractivity contribution in [1.29, 1.82) is 0 Å². The number of esters is 1. The molecule has 0 aliphatic heterocycles.